The Kier molecular flexibility index (Phi) is 3.18. The maximum absolute atomic E-state index is 13.2. The van der Waals surface area contributed by atoms with Crippen LogP contribution in [0.3, 0.4) is 0 Å². The highest BCUT2D eigenvalue weighted by Gasteiger charge is 2.21. The molecule has 1 N–H and O–H groups in total. The van der Waals surface area contributed by atoms with Gasteiger partial charge in [-0.15, -0.1) is 0 Å². The molecule has 1 aliphatic rings. The van der Waals surface area contributed by atoms with Crippen molar-refractivity contribution in [3.8, 4) is 6.07 Å². The Bertz CT molecular complexity index is 425. The predicted octanol–water partition coefficient (Wildman–Crippen LogP) is 1.27. The first-order valence-electron chi connectivity index (χ1n) is 5.33. The van der Waals surface area contributed by atoms with Crippen LogP contribution in [0.2, 0.25) is 0 Å². The van der Waals surface area contributed by atoms with Gasteiger partial charge in [0.1, 0.15) is 11.9 Å². The molecular weight excluding hydrogens is 205 g/mol. The fourth-order valence-electron chi connectivity index (χ4n) is 2.01. The third-order valence-corrected chi connectivity index (χ3v) is 3.01. The largest absolute Gasteiger partial charge is 0.314 e. The van der Waals surface area contributed by atoms with Gasteiger partial charge in [-0.1, -0.05) is 6.07 Å². The molecule has 0 aliphatic carbocycles. The molecule has 16 heavy (non-hydrogen) atoms. The monoisotopic (exact) mass is 219 g/mol. The topological polar surface area (TPSA) is 39.1 Å². The van der Waals surface area contributed by atoms with Crippen LogP contribution < -0.4 is 5.32 Å². The molecule has 0 amide bonds. The highest BCUT2D eigenvalue weighted by atomic mass is 19.1. The summed E-state index contributed by atoms with van der Waals surface area (Å²) in [7, 11) is 2.04. The number of hydrogen-bond acceptors (Lipinski definition) is 3. The molecule has 1 aromatic rings. The van der Waals surface area contributed by atoms with Crippen LogP contribution >= 0.6 is 0 Å². The van der Waals surface area contributed by atoms with Gasteiger partial charge in [-0.2, -0.15) is 5.26 Å². The van der Waals surface area contributed by atoms with E-state index < -0.39 is 5.82 Å². The number of hydrogen-bond donors (Lipinski definition) is 1. The van der Waals surface area contributed by atoms with Crippen molar-refractivity contribution >= 4 is 0 Å². The van der Waals surface area contributed by atoms with Crippen LogP contribution in [0.4, 0.5) is 4.39 Å². The van der Waals surface area contributed by atoms with Gasteiger partial charge in [0.25, 0.3) is 0 Å². The highest BCUT2D eigenvalue weighted by molar-refractivity contribution is 5.36. The molecule has 1 aliphatic heterocycles. The van der Waals surface area contributed by atoms with Crippen LogP contribution in [0.5, 0.6) is 0 Å². The van der Waals surface area contributed by atoms with Crippen LogP contribution in [0.25, 0.3) is 0 Å². The number of benzene rings is 1. The second-order valence-electron chi connectivity index (χ2n) is 4.05. The van der Waals surface area contributed by atoms with Crippen LogP contribution in [0, 0.1) is 17.1 Å². The summed E-state index contributed by atoms with van der Waals surface area (Å²) in [5.41, 5.74) is 1.11. The maximum Gasteiger partial charge on any atom is 0.140 e. The van der Waals surface area contributed by atoms with E-state index in [2.05, 4.69) is 10.2 Å². The first-order chi connectivity index (χ1) is 7.72. The Labute approximate surface area is 94.5 Å². The van der Waals surface area contributed by atoms with E-state index in [1.54, 1.807) is 12.1 Å². The zero-order valence-electron chi connectivity index (χ0n) is 9.20. The minimum atomic E-state index is -0.447. The minimum Gasteiger partial charge on any atom is -0.314 e. The average Bonchev–Trinajstić information content (AvgIpc) is 2.31. The van der Waals surface area contributed by atoms with Gasteiger partial charge in [-0.05, 0) is 24.7 Å². The molecule has 3 nitrogen and oxygen atoms in total. The van der Waals surface area contributed by atoms with Gasteiger partial charge in [0, 0.05) is 25.7 Å². The SMILES string of the molecule is CN1CCNCC1c1ccc(F)c(C#N)c1. The van der Waals surface area contributed by atoms with Crippen LogP contribution in [-0.2, 0) is 0 Å². The lowest BCUT2D eigenvalue weighted by Crippen LogP contribution is -2.43. The zero-order valence-corrected chi connectivity index (χ0v) is 9.20. The average molecular weight is 219 g/mol. The van der Waals surface area contributed by atoms with Gasteiger partial charge < -0.3 is 5.32 Å². The molecule has 0 bridgehead atoms. The van der Waals surface area contributed by atoms with Gasteiger partial charge in [-0.25, -0.2) is 4.39 Å². The fraction of sp³-hybridized carbons (Fsp3) is 0.417. The number of piperazine rings is 1. The van der Waals surface area contributed by atoms with Crippen molar-refractivity contribution in [3.63, 3.8) is 0 Å². The van der Waals surface area contributed by atoms with Gasteiger partial charge in [-0.3, -0.25) is 4.90 Å². The number of nitriles is 1. The molecule has 1 heterocycles. The van der Waals surface area contributed by atoms with Gasteiger partial charge in [0.15, 0.2) is 0 Å². The molecule has 0 spiro atoms. The third-order valence-electron chi connectivity index (χ3n) is 3.01. The Balaban J connectivity index is 2.29. The van der Waals surface area contributed by atoms with Crippen molar-refractivity contribution in [1.82, 2.24) is 10.2 Å². The van der Waals surface area contributed by atoms with Crippen molar-refractivity contribution < 1.29 is 4.39 Å². The lowest BCUT2D eigenvalue weighted by molar-refractivity contribution is 0.202. The van der Waals surface area contributed by atoms with Crippen molar-refractivity contribution in [2.45, 2.75) is 6.04 Å². The standard InChI is InChI=1S/C12H14FN3/c1-16-5-4-15-8-12(16)9-2-3-11(13)10(6-9)7-14/h2-3,6,12,15H,4-5,8H2,1H3. The van der Waals surface area contributed by atoms with Crippen molar-refractivity contribution in [3.05, 3.63) is 35.1 Å². The highest BCUT2D eigenvalue weighted by Crippen LogP contribution is 2.22. The van der Waals surface area contributed by atoms with E-state index in [0.717, 1.165) is 25.2 Å². The van der Waals surface area contributed by atoms with Gasteiger partial charge in [0.05, 0.1) is 5.56 Å². The molecule has 4 heteroatoms. The number of nitrogens with zero attached hydrogens (tertiary/aromatic N) is 2. The fourth-order valence-corrected chi connectivity index (χ4v) is 2.01. The van der Waals surface area contributed by atoms with Gasteiger partial charge in [0.2, 0.25) is 0 Å². The van der Waals surface area contributed by atoms with E-state index in [9.17, 15) is 4.39 Å². The smallest absolute Gasteiger partial charge is 0.140 e. The van der Waals surface area contributed by atoms with E-state index >= 15 is 0 Å². The van der Waals surface area contributed by atoms with E-state index in [0.29, 0.717) is 0 Å². The third kappa shape index (κ3) is 2.06. The summed E-state index contributed by atoms with van der Waals surface area (Å²) in [5.74, 6) is -0.447. The predicted molar refractivity (Wildman–Crippen MR) is 59.4 cm³/mol. The molecule has 1 fully saturated rings. The molecule has 2 rings (SSSR count). The molecule has 1 saturated heterocycles. The zero-order chi connectivity index (χ0) is 11.5. The van der Waals surface area contributed by atoms with Crippen molar-refractivity contribution in [1.29, 1.82) is 5.26 Å². The summed E-state index contributed by atoms with van der Waals surface area (Å²) in [6.45, 7) is 2.77. The molecule has 0 saturated carbocycles. The molecule has 1 aromatic carbocycles. The van der Waals surface area contributed by atoms with Crippen LogP contribution in [0.1, 0.15) is 17.2 Å². The minimum absolute atomic E-state index is 0.122. The van der Waals surface area contributed by atoms with Crippen LogP contribution in [-0.4, -0.2) is 31.6 Å². The summed E-state index contributed by atoms with van der Waals surface area (Å²) in [6.07, 6.45) is 0. The van der Waals surface area contributed by atoms with Crippen LogP contribution in [0.15, 0.2) is 18.2 Å². The molecule has 1 unspecified atom stereocenters. The van der Waals surface area contributed by atoms with E-state index in [1.807, 2.05) is 13.1 Å². The van der Waals surface area contributed by atoms with Gasteiger partial charge >= 0.3 is 0 Å². The molecule has 0 aromatic heterocycles. The Hall–Kier alpha value is -1.44. The Morgan fingerprint density at radius 3 is 3.06 bits per heavy atom. The first kappa shape index (κ1) is 11.1. The Morgan fingerprint density at radius 1 is 1.56 bits per heavy atom. The lowest BCUT2D eigenvalue weighted by atomic mass is 10.0. The number of halogens is 1. The summed E-state index contributed by atoms with van der Waals surface area (Å²) in [4.78, 5) is 2.21. The van der Waals surface area contributed by atoms with E-state index in [-0.39, 0.29) is 11.6 Å². The lowest BCUT2D eigenvalue weighted by Gasteiger charge is -2.33. The van der Waals surface area contributed by atoms with Crippen molar-refractivity contribution in [2.24, 2.45) is 0 Å². The Morgan fingerprint density at radius 2 is 2.38 bits per heavy atom. The van der Waals surface area contributed by atoms with E-state index in [4.69, 9.17) is 5.26 Å². The summed E-state index contributed by atoms with van der Waals surface area (Å²) >= 11 is 0. The van der Waals surface area contributed by atoms with E-state index in [1.165, 1.54) is 6.07 Å². The normalized spacial score (nSPS) is 21.7. The number of nitrogens with one attached hydrogen (secondary N) is 1. The summed E-state index contributed by atoms with van der Waals surface area (Å²) in [5, 5.41) is 12.1. The molecule has 1 atom stereocenters. The first-order valence-corrected chi connectivity index (χ1v) is 5.33. The summed E-state index contributed by atoms with van der Waals surface area (Å²) in [6, 6.07) is 6.87. The second-order valence-corrected chi connectivity index (χ2v) is 4.05. The molecule has 0 radical (unpaired) electrons. The summed E-state index contributed by atoms with van der Waals surface area (Å²) < 4.78 is 13.2. The number of rotatable bonds is 1. The maximum atomic E-state index is 13.2. The molecular formula is C12H14FN3. The molecule has 84 valence electrons. The quantitative estimate of drug-likeness (QED) is 0.773. The number of likely N-dealkylation sites (N-methyl/N-ethyl adjacent to an activating group) is 1. The second kappa shape index (κ2) is 4.60. The van der Waals surface area contributed by atoms with Crippen molar-refractivity contribution in [2.75, 3.05) is 26.7 Å².